The molecule has 1 aromatic rings. The molecule has 2 heterocycles. The van der Waals surface area contributed by atoms with E-state index in [9.17, 15) is 4.79 Å². The summed E-state index contributed by atoms with van der Waals surface area (Å²) in [6.07, 6.45) is 5.26. The molecule has 1 atom stereocenters. The van der Waals surface area contributed by atoms with E-state index in [0.717, 1.165) is 32.6 Å². The second-order valence-corrected chi connectivity index (χ2v) is 5.26. The molecule has 1 aliphatic heterocycles. The number of amides is 1. The van der Waals surface area contributed by atoms with E-state index in [1.807, 2.05) is 11.9 Å². The van der Waals surface area contributed by atoms with E-state index >= 15 is 0 Å². The Morgan fingerprint density at radius 2 is 2.16 bits per heavy atom. The molecule has 2 N–H and O–H groups in total. The molecule has 0 aromatic carbocycles. The van der Waals surface area contributed by atoms with E-state index in [1.165, 1.54) is 5.56 Å². The topological polar surface area (TPSA) is 54.5 Å². The molecule has 0 spiro atoms. The van der Waals surface area contributed by atoms with Crippen LogP contribution in [-0.4, -0.2) is 53.0 Å². The third kappa shape index (κ3) is 3.36. The van der Waals surface area contributed by atoms with Crippen LogP contribution in [0.15, 0.2) is 18.5 Å². The van der Waals surface area contributed by atoms with Gasteiger partial charge in [-0.05, 0) is 25.0 Å². The zero-order valence-electron chi connectivity index (χ0n) is 11.9. The fraction of sp³-hybridized carbons (Fsp3) is 0.643. The summed E-state index contributed by atoms with van der Waals surface area (Å²) in [5, 5.41) is 0. The van der Waals surface area contributed by atoms with Gasteiger partial charge in [0.1, 0.15) is 0 Å². The molecule has 0 saturated carbocycles. The molecule has 5 heteroatoms. The molecule has 1 saturated heterocycles. The summed E-state index contributed by atoms with van der Waals surface area (Å²) in [6, 6.07) is 2.56. The molecule has 0 bridgehead atoms. The van der Waals surface area contributed by atoms with Crippen molar-refractivity contribution in [1.29, 1.82) is 0 Å². The third-order valence-electron chi connectivity index (χ3n) is 3.94. The summed E-state index contributed by atoms with van der Waals surface area (Å²) in [5.74, 6) is 0.0641. The van der Waals surface area contributed by atoms with E-state index < -0.39 is 0 Å². The number of nitrogens with two attached hydrogens (primary N) is 1. The van der Waals surface area contributed by atoms with Crippen LogP contribution in [0.1, 0.15) is 24.9 Å². The SMILES string of the molecule is CC(c1ccn(C)c1)N1CCCN(C(=O)CN)CC1. The van der Waals surface area contributed by atoms with Crippen LogP contribution in [0, 0.1) is 0 Å². The summed E-state index contributed by atoms with van der Waals surface area (Å²) >= 11 is 0. The van der Waals surface area contributed by atoms with Crippen LogP contribution in [0.4, 0.5) is 0 Å². The van der Waals surface area contributed by atoms with Crippen LogP contribution in [0.25, 0.3) is 0 Å². The highest BCUT2D eigenvalue weighted by atomic mass is 16.2. The number of aryl methyl sites for hydroxylation is 1. The molecule has 106 valence electrons. The number of nitrogens with zero attached hydrogens (tertiary/aromatic N) is 3. The number of carbonyl (C=O) groups is 1. The van der Waals surface area contributed by atoms with Crippen molar-refractivity contribution in [2.45, 2.75) is 19.4 Å². The van der Waals surface area contributed by atoms with Gasteiger partial charge >= 0.3 is 0 Å². The van der Waals surface area contributed by atoms with Crippen molar-refractivity contribution in [1.82, 2.24) is 14.4 Å². The minimum atomic E-state index is 0.0641. The quantitative estimate of drug-likeness (QED) is 0.869. The summed E-state index contributed by atoms with van der Waals surface area (Å²) in [4.78, 5) is 16.0. The first-order valence-corrected chi connectivity index (χ1v) is 6.95. The molecule has 19 heavy (non-hydrogen) atoms. The van der Waals surface area contributed by atoms with Gasteiger partial charge in [-0.2, -0.15) is 0 Å². The lowest BCUT2D eigenvalue weighted by Gasteiger charge is -2.27. The van der Waals surface area contributed by atoms with Gasteiger partial charge in [0.2, 0.25) is 5.91 Å². The number of hydrogen-bond acceptors (Lipinski definition) is 3. The number of aromatic nitrogens is 1. The minimum absolute atomic E-state index is 0.0641. The van der Waals surface area contributed by atoms with Crippen LogP contribution < -0.4 is 5.73 Å². The molecule has 1 amide bonds. The van der Waals surface area contributed by atoms with Gasteiger partial charge in [-0.3, -0.25) is 9.69 Å². The smallest absolute Gasteiger partial charge is 0.236 e. The maximum Gasteiger partial charge on any atom is 0.236 e. The van der Waals surface area contributed by atoms with Crippen molar-refractivity contribution < 1.29 is 4.79 Å². The molecular formula is C14H24N4O. The molecule has 1 aromatic heterocycles. The fourth-order valence-electron chi connectivity index (χ4n) is 2.69. The van der Waals surface area contributed by atoms with Crippen LogP contribution in [-0.2, 0) is 11.8 Å². The molecule has 0 aliphatic carbocycles. The normalized spacial score (nSPS) is 19.2. The summed E-state index contributed by atoms with van der Waals surface area (Å²) < 4.78 is 2.08. The van der Waals surface area contributed by atoms with E-state index in [0.29, 0.717) is 6.04 Å². The molecule has 1 fully saturated rings. The Kier molecular flexibility index (Phi) is 4.61. The second kappa shape index (κ2) is 6.21. The van der Waals surface area contributed by atoms with Crippen molar-refractivity contribution in [2.75, 3.05) is 32.7 Å². The predicted octanol–water partition coefficient (Wildman–Crippen LogP) is 0.579. The maximum absolute atomic E-state index is 11.6. The third-order valence-corrected chi connectivity index (χ3v) is 3.94. The Morgan fingerprint density at radius 1 is 1.37 bits per heavy atom. The molecular weight excluding hydrogens is 240 g/mol. The van der Waals surface area contributed by atoms with Gasteiger partial charge in [0.05, 0.1) is 6.54 Å². The first-order chi connectivity index (χ1) is 9.11. The first-order valence-electron chi connectivity index (χ1n) is 6.95. The zero-order valence-corrected chi connectivity index (χ0v) is 11.9. The summed E-state index contributed by atoms with van der Waals surface area (Å²) in [5.41, 5.74) is 6.77. The van der Waals surface area contributed by atoms with Crippen LogP contribution >= 0.6 is 0 Å². The highest BCUT2D eigenvalue weighted by Gasteiger charge is 2.22. The highest BCUT2D eigenvalue weighted by molar-refractivity contribution is 5.78. The molecule has 1 aliphatic rings. The molecule has 2 rings (SSSR count). The van der Waals surface area contributed by atoms with Gasteiger partial charge in [-0.1, -0.05) is 0 Å². The molecule has 0 radical (unpaired) electrons. The van der Waals surface area contributed by atoms with Gasteiger partial charge in [0.15, 0.2) is 0 Å². The Hall–Kier alpha value is -1.33. The van der Waals surface area contributed by atoms with Gasteiger partial charge < -0.3 is 15.2 Å². The van der Waals surface area contributed by atoms with Gasteiger partial charge in [0.25, 0.3) is 0 Å². The van der Waals surface area contributed by atoms with Gasteiger partial charge in [0, 0.05) is 51.7 Å². The summed E-state index contributed by atoms with van der Waals surface area (Å²) in [6.45, 7) is 5.91. The average molecular weight is 264 g/mol. The second-order valence-electron chi connectivity index (χ2n) is 5.26. The van der Waals surface area contributed by atoms with Crippen LogP contribution in [0.2, 0.25) is 0 Å². The van der Waals surface area contributed by atoms with Crippen LogP contribution in [0.3, 0.4) is 0 Å². The number of rotatable bonds is 3. The highest BCUT2D eigenvalue weighted by Crippen LogP contribution is 2.21. The Balaban J connectivity index is 1.97. The van der Waals surface area contributed by atoms with E-state index in [4.69, 9.17) is 5.73 Å². The standard InChI is InChI=1S/C14H24N4O/c1-12(13-4-7-16(2)11-13)17-5-3-6-18(9-8-17)14(19)10-15/h4,7,11-12H,3,5-6,8-10,15H2,1-2H3. The maximum atomic E-state index is 11.6. The van der Waals surface area contributed by atoms with Crippen molar-refractivity contribution in [3.05, 3.63) is 24.0 Å². The lowest BCUT2D eigenvalue weighted by atomic mass is 10.1. The first kappa shape index (κ1) is 14.1. The lowest BCUT2D eigenvalue weighted by Crippen LogP contribution is -2.39. The Morgan fingerprint density at radius 3 is 2.79 bits per heavy atom. The fourth-order valence-corrected chi connectivity index (χ4v) is 2.69. The molecule has 1 unspecified atom stereocenters. The minimum Gasteiger partial charge on any atom is -0.357 e. The van der Waals surface area contributed by atoms with E-state index in [2.05, 4.69) is 34.9 Å². The van der Waals surface area contributed by atoms with Crippen molar-refractivity contribution >= 4 is 5.91 Å². The van der Waals surface area contributed by atoms with E-state index in [1.54, 1.807) is 0 Å². The van der Waals surface area contributed by atoms with Crippen LogP contribution in [0.5, 0.6) is 0 Å². The lowest BCUT2D eigenvalue weighted by molar-refractivity contribution is -0.129. The van der Waals surface area contributed by atoms with Gasteiger partial charge in [-0.25, -0.2) is 0 Å². The number of carbonyl (C=O) groups excluding carboxylic acids is 1. The largest absolute Gasteiger partial charge is 0.357 e. The van der Waals surface area contributed by atoms with E-state index in [-0.39, 0.29) is 12.5 Å². The number of hydrogen-bond donors (Lipinski definition) is 1. The monoisotopic (exact) mass is 264 g/mol. The van der Waals surface area contributed by atoms with Crippen molar-refractivity contribution in [3.63, 3.8) is 0 Å². The Labute approximate surface area is 115 Å². The molecule has 5 nitrogen and oxygen atoms in total. The predicted molar refractivity (Wildman–Crippen MR) is 75.7 cm³/mol. The summed E-state index contributed by atoms with van der Waals surface area (Å²) in [7, 11) is 2.04. The van der Waals surface area contributed by atoms with Crippen molar-refractivity contribution in [2.24, 2.45) is 12.8 Å². The van der Waals surface area contributed by atoms with Crippen molar-refractivity contribution in [3.8, 4) is 0 Å². The average Bonchev–Trinajstić information content (AvgIpc) is 2.71. The Bertz CT molecular complexity index is 429. The zero-order chi connectivity index (χ0) is 13.8. The van der Waals surface area contributed by atoms with Gasteiger partial charge in [-0.15, -0.1) is 0 Å².